The zero-order chi connectivity index (χ0) is 14.9. The zero-order valence-corrected chi connectivity index (χ0v) is 12.4. The van der Waals surface area contributed by atoms with E-state index in [1.807, 2.05) is 30.5 Å². The van der Waals surface area contributed by atoms with Crippen LogP contribution in [0.3, 0.4) is 0 Å². The number of benzene rings is 1. The molecule has 0 aliphatic rings. The highest BCUT2D eigenvalue weighted by Crippen LogP contribution is 2.19. The van der Waals surface area contributed by atoms with Crippen LogP contribution in [0, 0.1) is 0 Å². The van der Waals surface area contributed by atoms with Crippen molar-refractivity contribution >= 4 is 17.1 Å². The number of hydrogen-bond acceptors (Lipinski definition) is 5. The molecular formula is C15H22N6. The van der Waals surface area contributed by atoms with Crippen molar-refractivity contribution in [3.05, 3.63) is 36.7 Å². The highest BCUT2D eigenvalue weighted by molar-refractivity contribution is 5.50. The maximum absolute atomic E-state index is 5.47. The van der Waals surface area contributed by atoms with Gasteiger partial charge in [-0.05, 0) is 30.7 Å². The fourth-order valence-electron chi connectivity index (χ4n) is 1.83. The Hall–Kier alpha value is -2.21. The van der Waals surface area contributed by atoms with Crippen molar-refractivity contribution in [1.29, 1.82) is 0 Å². The summed E-state index contributed by atoms with van der Waals surface area (Å²) in [7, 11) is 0. The van der Waals surface area contributed by atoms with Crippen LogP contribution in [-0.2, 0) is 6.54 Å². The van der Waals surface area contributed by atoms with E-state index in [-0.39, 0.29) is 0 Å². The Morgan fingerprint density at radius 3 is 2.67 bits per heavy atom. The number of rotatable bonds is 8. The SMILES string of the molecule is CCCCNc1ccc(N=Nc2cnn(CCN)c2)cc1. The lowest BCUT2D eigenvalue weighted by molar-refractivity contribution is 0.625. The highest BCUT2D eigenvalue weighted by Gasteiger charge is 1.97. The van der Waals surface area contributed by atoms with Crippen molar-refractivity contribution in [2.45, 2.75) is 26.3 Å². The number of anilines is 1. The first-order valence-electron chi connectivity index (χ1n) is 7.30. The molecule has 2 aromatic rings. The molecule has 0 spiro atoms. The molecule has 0 fully saturated rings. The lowest BCUT2D eigenvalue weighted by Gasteiger charge is -2.04. The minimum Gasteiger partial charge on any atom is -0.385 e. The first-order valence-corrected chi connectivity index (χ1v) is 7.30. The smallest absolute Gasteiger partial charge is 0.124 e. The van der Waals surface area contributed by atoms with Gasteiger partial charge in [-0.3, -0.25) is 4.68 Å². The summed E-state index contributed by atoms with van der Waals surface area (Å²) in [6.45, 7) is 4.43. The normalized spacial score (nSPS) is 11.1. The first-order chi connectivity index (χ1) is 10.3. The summed E-state index contributed by atoms with van der Waals surface area (Å²) in [5.74, 6) is 0. The van der Waals surface area contributed by atoms with Crippen LogP contribution < -0.4 is 11.1 Å². The topological polar surface area (TPSA) is 80.6 Å². The molecule has 0 unspecified atom stereocenters. The van der Waals surface area contributed by atoms with E-state index in [2.05, 4.69) is 27.6 Å². The maximum atomic E-state index is 5.47. The van der Waals surface area contributed by atoms with E-state index in [4.69, 9.17) is 5.73 Å². The molecule has 0 radical (unpaired) electrons. The summed E-state index contributed by atoms with van der Waals surface area (Å²) in [5, 5.41) is 15.9. The second-order valence-corrected chi connectivity index (χ2v) is 4.78. The molecule has 21 heavy (non-hydrogen) atoms. The van der Waals surface area contributed by atoms with Gasteiger partial charge in [-0.25, -0.2) is 0 Å². The van der Waals surface area contributed by atoms with E-state index in [0.29, 0.717) is 13.1 Å². The molecule has 6 heteroatoms. The molecule has 2 rings (SSSR count). The summed E-state index contributed by atoms with van der Waals surface area (Å²) in [6, 6.07) is 7.92. The van der Waals surface area contributed by atoms with Crippen molar-refractivity contribution in [2.75, 3.05) is 18.4 Å². The Morgan fingerprint density at radius 2 is 1.95 bits per heavy atom. The van der Waals surface area contributed by atoms with Crippen molar-refractivity contribution in [3.8, 4) is 0 Å². The van der Waals surface area contributed by atoms with Crippen molar-refractivity contribution < 1.29 is 0 Å². The summed E-state index contributed by atoms with van der Waals surface area (Å²) < 4.78 is 1.76. The predicted octanol–water partition coefficient (Wildman–Crippen LogP) is 3.47. The molecular weight excluding hydrogens is 264 g/mol. The van der Waals surface area contributed by atoms with E-state index in [1.54, 1.807) is 10.9 Å². The van der Waals surface area contributed by atoms with Gasteiger partial charge in [0.05, 0.1) is 24.6 Å². The monoisotopic (exact) mass is 286 g/mol. The lowest BCUT2D eigenvalue weighted by Crippen LogP contribution is -2.09. The van der Waals surface area contributed by atoms with Crippen LogP contribution in [0.5, 0.6) is 0 Å². The number of azo groups is 1. The van der Waals surface area contributed by atoms with Crippen LogP contribution in [0.4, 0.5) is 17.1 Å². The number of nitrogens with zero attached hydrogens (tertiary/aromatic N) is 4. The van der Waals surface area contributed by atoms with Crippen LogP contribution in [0.1, 0.15) is 19.8 Å². The lowest BCUT2D eigenvalue weighted by atomic mass is 10.2. The minimum absolute atomic E-state index is 0.560. The predicted molar refractivity (Wildman–Crippen MR) is 85.3 cm³/mol. The third kappa shape index (κ3) is 5.00. The van der Waals surface area contributed by atoms with Gasteiger partial charge in [-0.1, -0.05) is 13.3 Å². The summed E-state index contributed by atoms with van der Waals surface area (Å²) in [5.41, 5.74) is 8.13. The summed E-state index contributed by atoms with van der Waals surface area (Å²) in [4.78, 5) is 0. The molecule has 0 saturated carbocycles. The van der Waals surface area contributed by atoms with Crippen LogP contribution in [0.2, 0.25) is 0 Å². The summed E-state index contributed by atoms with van der Waals surface area (Å²) in [6.07, 6.45) is 5.88. The Kier molecular flexibility index (Phi) is 5.90. The quantitative estimate of drug-likeness (QED) is 0.576. The second kappa shape index (κ2) is 8.16. The molecule has 1 heterocycles. The molecule has 6 nitrogen and oxygen atoms in total. The molecule has 3 N–H and O–H groups in total. The highest BCUT2D eigenvalue weighted by atomic mass is 15.3. The number of unbranched alkanes of at least 4 members (excludes halogenated alkanes) is 1. The Labute approximate surface area is 125 Å². The van der Waals surface area contributed by atoms with Gasteiger partial charge in [-0.2, -0.15) is 10.2 Å². The fraction of sp³-hybridized carbons (Fsp3) is 0.400. The maximum Gasteiger partial charge on any atom is 0.124 e. The van der Waals surface area contributed by atoms with Gasteiger partial charge in [0, 0.05) is 18.8 Å². The number of aromatic nitrogens is 2. The zero-order valence-electron chi connectivity index (χ0n) is 12.4. The summed E-state index contributed by atoms with van der Waals surface area (Å²) >= 11 is 0. The van der Waals surface area contributed by atoms with Gasteiger partial charge < -0.3 is 11.1 Å². The van der Waals surface area contributed by atoms with Crippen molar-refractivity contribution in [2.24, 2.45) is 16.0 Å². The number of nitrogens with two attached hydrogens (primary N) is 1. The van der Waals surface area contributed by atoms with E-state index in [1.165, 1.54) is 12.8 Å². The van der Waals surface area contributed by atoms with Crippen LogP contribution in [-0.4, -0.2) is 22.9 Å². The van der Waals surface area contributed by atoms with Gasteiger partial charge >= 0.3 is 0 Å². The largest absolute Gasteiger partial charge is 0.385 e. The van der Waals surface area contributed by atoms with Crippen molar-refractivity contribution in [3.63, 3.8) is 0 Å². The van der Waals surface area contributed by atoms with Gasteiger partial charge in [-0.15, -0.1) is 5.11 Å². The van der Waals surface area contributed by atoms with Gasteiger partial charge in [0.15, 0.2) is 0 Å². The number of hydrogen-bond donors (Lipinski definition) is 2. The number of nitrogens with one attached hydrogen (secondary N) is 1. The molecule has 0 amide bonds. The standard InChI is InChI=1S/C15H22N6/c1-2-3-9-17-13-4-6-14(7-5-13)19-20-15-11-18-21(12-15)10-8-16/h4-7,11-12,17H,2-3,8-10,16H2,1H3. The minimum atomic E-state index is 0.560. The van der Waals surface area contributed by atoms with Crippen LogP contribution in [0.15, 0.2) is 46.9 Å². The van der Waals surface area contributed by atoms with Crippen LogP contribution in [0.25, 0.3) is 0 Å². The Balaban J connectivity index is 1.90. The third-order valence-corrected chi connectivity index (χ3v) is 2.99. The second-order valence-electron chi connectivity index (χ2n) is 4.78. The van der Waals surface area contributed by atoms with Gasteiger partial charge in [0.25, 0.3) is 0 Å². The molecule has 0 atom stereocenters. The third-order valence-electron chi connectivity index (χ3n) is 2.99. The van der Waals surface area contributed by atoms with E-state index >= 15 is 0 Å². The molecule has 0 aliphatic heterocycles. The van der Waals surface area contributed by atoms with Gasteiger partial charge in [0.1, 0.15) is 5.69 Å². The fourth-order valence-corrected chi connectivity index (χ4v) is 1.83. The van der Waals surface area contributed by atoms with E-state index < -0.39 is 0 Å². The molecule has 0 saturated heterocycles. The average molecular weight is 286 g/mol. The molecule has 1 aromatic carbocycles. The van der Waals surface area contributed by atoms with E-state index in [9.17, 15) is 0 Å². The van der Waals surface area contributed by atoms with E-state index in [0.717, 1.165) is 23.6 Å². The van der Waals surface area contributed by atoms with Gasteiger partial charge in [0.2, 0.25) is 0 Å². The first kappa shape index (κ1) is 15.2. The van der Waals surface area contributed by atoms with Crippen molar-refractivity contribution in [1.82, 2.24) is 9.78 Å². The Morgan fingerprint density at radius 1 is 1.19 bits per heavy atom. The Bertz CT molecular complexity index is 558. The molecule has 1 aromatic heterocycles. The van der Waals surface area contributed by atoms with Crippen LogP contribution >= 0.6 is 0 Å². The molecule has 0 bridgehead atoms. The average Bonchev–Trinajstić information content (AvgIpc) is 2.95. The molecule has 0 aliphatic carbocycles. The molecule has 112 valence electrons.